The van der Waals surface area contributed by atoms with E-state index in [0.717, 1.165) is 12.1 Å². The molecule has 0 heterocycles. The Labute approximate surface area is 163 Å². The van der Waals surface area contributed by atoms with E-state index in [4.69, 9.17) is 0 Å². The SMILES string of the molecule is CC(NC(=O)Nc1ccccc1)C(=O)Nc1ccc2c(c1)Cc1ccccc1-2. The first kappa shape index (κ1) is 17.8. The van der Waals surface area contributed by atoms with Crippen LogP contribution in [0.15, 0.2) is 72.8 Å². The van der Waals surface area contributed by atoms with Crippen LogP contribution in [0, 0.1) is 0 Å². The summed E-state index contributed by atoms with van der Waals surface area (Å²) in [4.78, 5) is 24.5. The number of fused-ring (bicyclic) bond motifs is 3. The normalized spacial score (nSPS) is 12.5. The maximum atomic E-state index is 12.5. The number of carbonyl (C=O) groups is 2. The van der Waals surface area contributed by atoms with Crippen LogP contribution in [0.25, 0.3) is 11.1 Å². The van der Waals surface area contributed by atoms with Gasteiger partial charge in [0.2, 0.25) is 5.91 Å². The molecule has 5 heteroatoms. The van der Waals surface area contributed by atoms with Crippen LogP contribution in [0.4, 0.5) is 16.2 Å². The van der Waals surface area contributed by atoms with Crippen LogP contribution in [0.3, 0.4) is 0 Å². The summed E-state index contributed by atoms with van der Waals surface area (Å²) in [5.41, 5.74) is 6.36. The van der Waals surface area contributed by atoms with E-state index in [1.807, 2.05) is 48.5 Å². The van der Waals surface area contributed by atoms with Gasteiger partial charge < -0.3 is 16.0 Å². The Balaban J connectivity index is 1.37. The predicted molar refractivity (Wildman–Crippen MR) is 111 cm³/mol. The Morgan fingerprint density at radius 3 is 2.32 bits per heavy atom. The number of carbonyl (C=O) groups excluding carboxylic acids is 2. The Morgan fingerprint density at radius 2 is 1.50 bits per heavy atom. The van der Waals surface area contributed by atoms with Crippen LogP contribution in [0.5, 0.6) is 0 Å². The van der Waals surface area contributed by atoms with Crippen molar-refractivity contribution in [2.45, 2.75) is 19.4 Å². The molecule has 0 fully saturated rings. The summed E-state index contributed by atoms with van der Waals surface area (Å²) < 4.78 is 0. The maximum Gasteiger partial charge on any atom is 0.319 e. The summed E-state index contributed by atoms with van der Waals surface area (Å²) in [6.45, 7) is 1.66. The number of anilines is 2. The maximum absolute atomic E-state index is 12.5. The molecule has 1 atom stereocenters. The summed E-state index contributed by atoms with van der Waals surface area (Å²) in [6.07, 6.45) is 0.864. The largest absolute Gasteiger partial charge is 0.326 e. The first-order valence-electron chi connectivity index (χ1n) is 9.25. The average molecular weight is 371 g/mol. The van der Waals surface area contributed by atoms with E-state index >= 15 is 0 Å². The van der Waals surface area contributed by atoms with Crippen molar-refractivity contribution in [1.82, 2.24) is 5.32 Å². The molecule has 28 heavy (non-hydrogen) atoms. The molecule has 0 bridgehead atoms. The van der Waals surface area contributed by atoms with Crippen molar-refractivity contribution in [3.8, 4) is 11.1 Å². The second-order valence-corrected chi connectivity index (χ2v) is 6.88. The van der Waals surface area contributed by atoms with E-state index in [0.29, 0.717) is 5.69 Å². The van der Waals surface area contributed by atoms with Crippen molar-refractivity contribution >= 4 is 23.3 Å². The zero-order valence-corrected chi connectivity index (χ0v) is 15.5. The lowest BCUT2D eigenvalue weighted by molar-refractivity contribution is -0.117. The number of hydrogen-bond acceptors (Lipinski definition) is 2. The molecule has 4 rings (SSSR count). The zero-order chi connectivity index (χ0) is 19.5. The molecule has 3 aromatic carbocycles. The highest BCUT2D eigenvalue weighted by atomic mass is 16.2. The van der Waals surface area contributed by atoms with Gasteiger partial charge in [-0.3, -0.25) is 4.79 Å². The topological polar surface area (TPSA) is 70.2 Å². The van der Waals surface area contributed by atoms with E-state index in [-0.39, 0.29) is 5.91 Å². The molecule has 0 aromatic heterocycles. The lowest BCUT2D eigenvalue weighted by atomic mass is 10.1. The van der Waals surface area contributed by atoms with Crippen molar-refractivity contribution in [1.29, 1.82) is 0 Å². The van der Waals surface area contributed by atoms with Crippen molar-refractivity contribution in [2.75, 3.05) is 10.6 Å². The first-order valence-corrected chi connectivity index (χ1v) is 9.25. The molecular weight excluding hydrogens is 350 g/mol. The molecule has 140 valence electrons. The Morgan fingerprint density at radius 1 is 0.786 bits per heavy atom. The highest BCUT2D eigenvalue weighted by Gasteiger charge is 2.20. The molecule has 0 aliphatic heterocycles. The standard InChI is InChI=1S/C23H21N3O2/c1-15(24-23(28)26-18-8-3-2-4-9-18)22(27)25-19-11-12-21-17(14-19)13-16-7-5-6-10-20(16)21/h2-12,14-15H,13H2,1H3,(H,25,27)(H2,24,26,28). The molecular formula is C23H21N3O2. The van der Waals surface area contributed by atoms with Crippen LogP contribution in [-0.4, -0.2) is 18.0 Å². The van der Waals surface area contributed by atoms with Crippen LogP contribution < -0.4 is 16.0 Å². The molecule has 1 unspecified atom stereocenters. The molecule has 0 spiro atoms. The van der Waals surface area contributed by atoms with Gasteiger partial charge in [0, 0.05) is 11.4 Å². The van der Waals surface area contributed by atoms with Gasteiger partial charge in [0.15, 0.2) is 0 Å². The minimum absolute atomic E-state index is 0.265. The van der Waals surface area contributed by atoms with Crippen molar-refractivity contribution in [3.63, 3.8) is 0 Å². The Kier molecular flexibility index (Phi) is 4.81. The van der Waals surface area contributed by atoms with Crippen molar-refractivity contribution < 1.29 is 9.59 Å². The summed E-state index contributed by atoms with van der Waals surface area (Å²) in [5, 5.41) is 8.24. The zero-order valence-electron chi connectivity index (χ0n) is 15.5. The van der Waals surface area contributed by atoms with Crippen LogP contribution >= 0.6 is 0 Å². The number of urea groups is 1. The van der Waals surface area contributed by atoms with Gasteiger partial charge in [0.1, 0.15) is 6.04 Å². The van der Waals surface area contributed by atoms with Crippen LogP contribution in [0.2, 0.25) is 0 Å². The Bertz CT molecular complexity index is 1030. The third kappa shape index (κ3) is 3.74. The lowest BCUT2D eigenvalue weighted by Crippen LogP contribution is -2.43. The van der Waals surface area contributed by atoms with Gasteiger partial charge >= 0.3 is 6.03 Å². The lowest BCUT2D eigenvalue weighted by Gasteiger charge is -2.15. The third-order valence-electron chi connectivity index (χ3n) is 4.83. The minimum Gasteiger partial charge on any atom is -0.326 e. The number of rotatable bonds is 4. The van der Waals surface area contributed by atoms with E-state index in [1.165, 1.54) is 22.3 Å². The fourth-order valence-corrected chi connectivity index (χ4v) is 3.42. The quantitative estimate of drug-likeness (QED) is 0.497. The summed E-state index contributed by atoms with van der Waals surface area (Å²) in [7, 11) is 0. The molecule has 5 nitrogen and oxygen atoms in total. The number of amides is 3. The second kappa shape index (κ2) is 7.56. The fourth-order valence-electron chi connectivity index (χ4n) is 3.42. The van der Waals surface area contributed by atoms with Crippen LogP contribution in [-0.2, 0) is 11.2 Å². The summed E-state index contributed by atoms with van der Waals surface area (Å²) in [6, 6.07) is 22.3. The average Bonchev–Trinajstić information content (AvgIpc) is 3.06. The van der Waals surface area contributed by atoms with E-state index in [2.05, 4.69) is 28.1 Å². The van der Waals surface area contributed by atoms with Gasteiger partial charge in [-0.2, -0.15) is 0 Å². The summed E-state index contributed by atoms with van der Waals surface area (Å²) >= 11 is 0. The number of nitrogens with one attached hydrogen (secondary N) is 3. The second-order valence-electron chi connectivity index (χ2n) is 6.88. The highest BCUT2D eigenvalue weighted by molar-refractivity contribution is 5.99. The van der Waals surface area contributed by atoms with E-state index < -0.39 is 12.1 Å². The number of para-hydroxylation sites is 1. The van der Waals surface area contributed by atoms with Gasteiger partial charge in [0.25, 0.3) is 0 Å². The molecule has 1 aliphatic carbocycles. The van der Waals surface area contributed by atoms with E-state index in [9.17, 15) is 9.59 Å². The molecule has 0 saturated carbocycles. The highest BCUT2D eigenvalue weighted by Crippen LogP contribution is 2.37. The van der Waals surface area contributed by atoms with Gasteiger partial charge in [-0.15, -0.1) is 0 Å². The Hall–Kier alpha value is -3.60. The van der Waals surface area contributed by atoms with Gasteiger partial charge in [-0.1, -0.05) is 48.5 Å². The molecule has 3 N–H and O–H groups in total. The van der Waals surface area contributed by atoms with Gasteiger partial charge in [0.05, 0.1) is 0 Å². The fraction of sp³-hybridized carbons (Fsp3) is 0.130. The first-order chi connectivity index (χ1) is 13.6. The molecule has 3 aromatic rings. The van der Waals surface area contributed by atoms with Crippen LogP contribution in [0.1, 0.15) is 18.1 Å². The number of hydrogen-bond donors (Lipinski definition) is 3. The molecule has 3 amide bonds. The number of benzene rings is 3. The monoisotopic (exact) mass is 371 g/mol. The van der Waals surface area contributed by atoms with E-state index in [1.54, 1.807) is 19.1 Å². The predicted octanol–water partition coefficient (Wildman–Crippen LogP) is 4.41. The van der Waals surface area contributed by atoms with Crippen molar-refractivity contribution in [3.05, 3.63) is 83.9 Å². The van der Waals surface area contributed by atoms with Crippen molar-refractivity contribution in [2.24, 2.45) is 0 Å². The summed E-state index contributed by atoms with van der Waals surface area (Å²) in [5.74, 6) is -0.265. The molecule has 0 radical (unpaired) electrons. The third-order valence-corrected chi connectivity index (χ3v) is 4.83. The molecule has 1 aliphatic rings. The molecule has 0 saturated heterocycles. The minimum atomic E-state index is -0.672. The van der Waals surface area contributed by atoms with Gasteiger partial charge in [-0.25, -0.2) is 4.79 Å². The van der Waals surface area contributed by atoms with Gasteiger partial charge in [-0.05, 0) is 59.9 Å². The smallest absolute Gasteiger partial charge is 0.319 e.